The molecule has 2 aliphatic heterocycles. The Morgan fingerprint density at radius 1 is 1.25 bits per heavy atom. The van der Waals surface area contributed by atoms with Crippen LogP contribution in [0, 0.1) is 0 Å². The lowest BCUT2D eigenvalue weighted by molar-refractivity contribution is -0.142. The van der Waals surface area contributed by atoms with Crippen molar-refractivity contribution >= 4 is 5.91 Å². The molecule has 1 amide bonds. The number of aromatic nitrogens is 3. The molecule has 0 spiro atoms. The van der Waals surface area contributed by atoms with Crippen molar-refractivity contribution < 1.29 is 14.1 Å². The Labute approximate surface area is 140 Å². The van der Waals surface area contributed by atoms with E-state index in [1.807, 2.05) is 17.0 Å². The van der Waals surface area contributed by atoms with E-state index in [9.17, 15) is 4.79 Å². The van der Waals surface area contributed by atoms with Crippen LogP contribution in [0.3, 0.4) is 0 Å². The normalized spacial score (nSPS) is 22.0. The highest BCUT2D eigenvalue weighted by atomic mass is 16.5. The molecule has 0 unspecified atom stereocenters. The minimum Gasteiger partial charge on any atom is -0.368 e. The molecule has 4 rings (SSSR count). The third-order valence-electron chi connectivity index (χ3n) is 4.73. The molecular weight excluding hydrogens is 308 g/mol. The van der Waals surface area contributed by atoms with Gasteiger partial charge in [0, 0.05) is 38.0 Å². The highest BCUT2D eigenvalue weighted by molar-refractivity contribution is 5.81. The Bertz CT molecular complexity index is 689. The molecule has 126 valence electrons. The summed E-state index contributed by atoms with van der Waals surface area (Å²) in [5.41, 5.74) is 0.822. The predicted octanol–water partition coefficient (Wildman–Crippen LogP) is 2.02. The summed E-state index contributed by atoms with van der Waals surface area (Å²) in [6.45, 7) is 2.15. The van der Waals surface area contributed by atoms with Gasteiger partial charge < -0.3 is 14.2 Å². The lowest BCUT2D eigenvalue weighted by atomic mass is 9.95. The van der Waals surface area contributed by atoms with Crippen LogP contribution in [0.4, 0.5) is 0 Å². The molecule has 2 aromatic heterocycles. The average molecular weight is 328 g/mol. The van der Waals surface area contributed by atoms with E-state index in [0.717, 1.165) is 50.2 Å². The second kappa shape index (κ2) is 6.68. The fourth-order valence-electron chi connectivity index (χ4n) is 3.34. The number of rotatable bonds is 3. The van der Waals surface area contributed by atoms with Crippen LogP contribution in [-0.4, -0.2) is 51.7 Å². The monoisotopic (exact) mass is 328 g/mol. The van der Waals surface area contributed by atoms with Gasteiger partial charge in [0.25, 0.3) is 11.8 Å². The first kappa shape index (κ1) is 15.3. The third-order valence-corrected chi connectivity index (χ3v) is 4.73. The number of carbonyl (C=O) groups excluding carboxylic acids is 1. The van der Waals surface area contributed by atoms with Gasteiger partial charge in [-0.1, -0.05) is 5.16 Å². The third kappa shape index (κ3) is 3.03. The molecule has 0 aliphatic carbocycles. The second-order valence-electron chi connectivity index (χ2n) is 6.30. The van der Waals surface area contributed by atoms with Gasteiger partial charge in [0.15, 0.2) is 5.82 Å². The highest BCUT2D eigenvalue weighted by Crippen LogP contribution is 2.28. The Hall–Kier alpha value is -2.28. The first-order chi connectivity index (χ1) is 11.8. The number of nitrogens with zero attached hydrogens (tertiary/aromatic N) is 4. The van der Waals surface area contributed by atoms with E-state index < -0.39 is 0 Å². The summed E-state index contributed by atoms with van der Waals surface area (Å²) in [6.07, 6.45) is 6.71. The number of piperidine rings is 1. The van der Waals surface area contributed by atoms with Gasteiger partial charge in [0.05, 0.1) is 5.56 Å². The molecule has 1 atom stereocenters. The van der Waals surface area contributed by atoms with Crippen LogP contribution in [0.15, 0.2) is 29.0 Å². The molecule has 0 aromatic carbocycles. The zero-order valence-corrected chi connectivity index (χ0v) is 13.4. The molecule has 24 heavy (non-hydrogen) atoms. The minimum absolute atomic E-state index is 0.134. The first-order valence-corrected chi connectivity index (χ1v) is 8.45. The van der Waals surface area contributed by atoms with Crippen LogP contribution in [0.2, 0.25) is 0 Å². The molecule has 0 saturated carbocycles. The van der Waals surface area contributed by atoms with Crippen molar-refractivity contribution in [2.24, 2.45) is 0 Å². The van der Waals surface area contributed by atoms with Crippen LogP contribution in [-0.2, 0) is 9.53 Å². The van der Waals surface area contributed by atoms with Gasteiger partial charge in [-0.2, -0.15) is 4.98 Å². The number of hydrogen-bond donors (Lipinski definition) is 0. The van der Waals surface area contributed by atoms with Gasteiger partial charge in [-0.15, -0.1) is 0 Å². The largest absolute Gasteiger partial charge is 0.368 e. The second-order valence-corrected chi connectivity index (χ2v) is 6.30. The van der Waals surface area contributed by atoms with Crippen molar-refractivity contribution in [2.75, 3.05) is 19.7 Å². The molecule has 0 N–H and O–H groups in total. The lowest BCUT2D eigenvalue weighted by Gasteiger charge is -2.32. The number of carbonyl (C=O) groups is 1. The number of pyridine rings is 1. The fourth-order valence-corrected chi connectivity index (χ4v) is 3.34. The van der Waals surface area contributed by atoms with Crippen molar-refractivity contribution in [3.8, 4) is 11.5 Å². The number of hydrogen-bond acceptors (Lipinski definition) is 6. The van der Waals surface area contributed by atoms with Crippen molar-refractivity contribution in [3.05, 3.63) is 30.4 Å². The maximum Gasteiger partial charge on any atom is 0.259 e. The average Bonchev–Trinajstić information content (AvgIpc) is 3.34. The van der Waals surface area contributed by atoms with Crippen LogP contribution in [0.25, 0.3) is 11.5 Å². The van der Waals surface area contributed by atoms with Crippen molar-refractivity contribution in [1.82, 2.24) is 20.0 Å². The molecule has 7 nitrogen and oxygen atoms in total. The molecule has 0 radical (unpaired) electrons. The highest BCUT2D eigenvalue weighted by Gasteiger charge is 2.32. The molecule has 2 aromatic rings. The van der Waals surface area contributed by atoms with Gasteiger partial charge >= 0.3 is 0 Å². The minimum atomic E-state index is -0.232. The van der Waals surface area contributed by atoms with Gasteiger partial charge in [0.2, 0.25) is 0 Å². The van der Waals surface area contributed by atoms with Gasteiger partial charge in [-0.3, -0.25) is 9.78 Å². The van der Waals surface area contributed by atoms with E-state index >= 15 is 0 Å². The molecule has 4 heterocycles. The van der Waals surface area contributed by atoms with E-state index in [2.05, 4.69) is 15.1 Å². The molecular formula is C17H20N4O3. The van der Waals surface area contributed by atoms with Gasteiger partial charge in [-0.25, -0.2) is 0 Å². The summed E-state index contributed by atoms with van der Waals surface area (Å²) in [7, 11) is 0. The van der Waals surface area contributed by atoms with Crippen molar-refractivity contribution in [3.63, 3.8) is 0 Å². The zero-order valence-electron chi connectivity index (χ0n) is 13.4. The smallest absolute Gasteiger partial charge is 0.259 e. The molecule has 2 saturated heterocycles. The van der Waals surface area contributed by atoms with Crippen molar-refractivity contribution in [2.45, 2.75) is 37.7 Å². The van der Waals surface area contributed by atoms with E-state index in [-0.39, 0.29) is 17.9 Å². The van der Waals surface area contributed by atoms with E-state index in [1.165, 1.54) is 0 Å². The van der Waals surface area contributed by atoms with E-state index in [4.69, 9.17) is 9.26 Å². The number of ether oxygens (including phenoxy) is 1. The maximum atomic E-state index is 12.4. The fraction of sp³-hybridized carbons (Fsp3) is 0.529. The standard InChI is InChI=1S/C17H20N4O3/c22-17(14-4-2-10-23-14)21-8-5-12(6-9-21)15-19-16(24-20-15)13-3-1-7-18-11-13/h1,3,7,11-12,14H,2,4-6,8-10H2/t14-/m1/s1. The Morgan fingerprint density at radius 2 is 2.12 bits per heavy atom. The van der Waals surface area contributed by atoms with Crippen molar-refractivity contribution in [1.29, 1.82) is 0 Å². The SMILES string of the molecule is O=C([C@H]1CCCO1)N1CCC(c2noc(-c3cccnc3)n2)CC1. The number of amides is 1. The molecule has 0 bridgehead atoms. The molecule has 7 heteroatoms. The Balaban J connectivity index is 1.38. The van der Waals surface area contributed by atoms with Crippen LogP contribution >= 0.6 is 0 Å². The van der Waals surface area contributed by atoms with Crippen LogP contribution in [0.1, 0.15) is 37.4 Å². The summed E-state index contributed by atoms with van der Waals surface area (Å²) in [4.78, 5) is 22.9. The van der Waals surface area contributed by atoms with E-state index in [1.54, 1.807) is 12.4 Å². The van der Waals surface area contributed by atoms with Gasteiger partial charge in [0.1, 0.15) is 6.10 Å². The Kier molecular flexibility index (Phi) is 4.25. The summed E-state index contributed by atoms with van der Waals surface area (Å²) in [5, 5.41) is 4.12. The topological polar surface area (TPSA) is 81.4 Å². The summed E-state index contributed by atoms with van der Waals surface area (Å²) in [6, 6.07) is 3.74. The maximum absolute atomic E-state index is 12.4. The summed E-state index contributed by atoms with van der Waals surface area (Å²) < 4.78 is 10.9. The number of likely N-dealkylation sites (tertiary alicyclic amines) is 1. The summed E-state index contributed by atoms with van der Waals surface area (Å²) >= 11 is 0. The molecule has 2 aliphatic rings. The van der Waals surface area contributed by atoms with E-state index in [0.29, 0.717) is 12.5 Å². The van der Waals surface area contributed by atoms with Crippen LogP contribution in [0.5, 0.6) is 0 Å². The zero-order chi connectivity index (χ0) is 16.4. The lowest BCUT2D eigenvalue weighted by Crippen LogP contribution is -2.43. The quantitative estimate of drug-likeness (QED) is 0.857. The Morgan fingerprint density at radius 3 is 2.83 bits per heavy atom. The predicted molar refractivity (Wildman–Crippen MR) is 85.1 cm³/mol. The molecule has 2 fully saturated rings. The first-order valence-electron chi connectivity index (χ1n) is 8.45. The summed E-state index contributed by atoms with van der Waals surface area (Å²) in [5.74, 6) is 1.58. The van der Waals surface area contributed by atoms with Gasteiger partial charge in [-0.05, 0) is 37.8 Å². The van der Waals surface area contributed by atoms with Crippen LogP contribution < -0.4 is 0 Å².